The van der Waals surface area contributed by atoms with Gasteiger partial charge in [0.2, 0.25) is 0 Å². The standard InChI is InChI=1S/C16H20ClN3O/c1-2-3-5-11(10-18)20-16(21)13-7-8-14(17)12-6-4-9-19-15(12)13/h4,6-9,11H,2-3,5,10,18H2,1H3,(H,20,21). The molecule has 1 aromatic carbocycles. The van der Waals surface area contributed by atoms with Crippen LogP contribution in [0.3, 0.4) is 0 Å². The molecule has 2 rings (SSSR count). The van der Waals surface area contributed by atoms with Gasteiger partial charge in [0.15, 0.2) is 0 Å². The Morgan fingerprint density at radius 2 is 2.24 bits per heavy atom. The van der Waals surface area contributed by atoms with E-state index in [0.29, 0.717) is 22.6 Å². The van der Waals surface area contributed by atoms with E-state index in [4.69, 9.17) is 17.3 Å². The Hall–Kier alpha value is -1.65. The van der Waals surface area contributed by atoms with Crippen molar-refractivity contribution in [2.75, 3.05) is 6.54 Å². The van der Waals surface area contributed by atoms with Crippen molar-refractivity contribution in [3.63, 3.8) is 0 Å². The number of nitrogens with one attached hydrogen (secondary N) is 1. The van der Waals surface area contributed by atoms with E-state index in [0.717, 1.165) is 24.6 Å². The second kappa shape index (κ2) is 7.38. The van der Waals surface area contributed by atoms with Crippen molar-refractivity contribution in [3.05, 3.63) is 41.0 Å². The van der Waals surface area contributed by atoms with Gasteiger partial charge in [0.05, 0.1) is 16.1 Å². The van der Waals surface area contributed by atoms with Crippen molar-refractivity contribution in [2.45, 2.75) is 32.2 Å². The molecule has 0 aliphatic heterocycles. The molecular weight excluding hydrogens is 286 g/mol. The van der Waals surface area contributed by atoms with Crippen LogP contribution in [0.1, 0.15) is 36.5 Å². The summed E-state index contributed by atoms with van der Waals surface area (Å²) in [7, 11) is 0. The molecule has 0 fully saturated rings. The summed E-state index contributed by atoms with van der Waals surface area (Å²) in [5.74, 6) is -0.151. The number of halogens is 1. The molecule has 112 valence electrons. The molecule has 4 nitrogen and oxygen atoms in total. The van der Waals surface area contributed by atoms with Crippen LogP contribution in [-0.2, 0) is 0 Å². The van der Waals surface area contributed by atoms with Crippen LogP contribution in [-0.4, -0.2) is 23.5 Å². The smallest absolute Gasteiger partial charge is 0.253 e. The monoisotopic (exact) mass is 305 g/mol. The van der Waals surface area contributed by atoms with Crippen molar-refractivity contribution in [1.29, 1.82) is 0 Å². The van der Waals surface area contributed by atoms with Gasteiger partial charge in [-0.3, -0.25) is 9.78 Å². The zero-order valence-corrected chi connectivity index (χ0v) is 12.9. The maximum absolute atomic E-state index is 12.5. The van der Waals surface area contributed by atoms with Gasteiger partial charge >= 0.3 is 0 Å². The highest BCUT2D eigenvalue weighted by Gasteiger charge is 2.16. The number of aromatic nitrogens is 1. The molecule has 2 aromatic rings. The predicted molar refractivity (Wildman–Crippen MR) is 86.6 cm³/mol. The number of carbonyl (C=O) groups excluding carboxylic acids is 1. The van der Waals surface area contributed by atoms with Crippen LogP contribution in [0.25, 0.3) is 10.9 Å². The molecule has 1 amide bonds. The van der Waals surface area contributed by atoms with Gasteiger partial charge in [0.25, 0.3) is 5.91 Å². The third kappa shape index (κ3) is 3.71. The number of carbonyl (C=O) groups is 1. The lowest BCUT2D eigenvalue weighted by Gasteiger charge is -2.17. The zero-order chi connectivity index (χ0) is 15.2. The Balaban J connectivity index is 2.25. The highest BCUT2D eigenvalue weighted by molar-refractivity contribution is 6.36. The van der Waals surface area contributed by atoms with Crippen molar-refractivity contribution in [3.8, 4) is 0 Å². The number of nitrogens with zero attached hydrogens (tertiary/aromatic N) is 1. The minimum Gasteiger partial charge on any atom is -0.348 e. The third-order valence-electron chi connectivity index (χ3n) is 3.49. The van der Waals surface area contributed by atoms with Crippen LogP contribution >= 0.6 is 11.6 Å². The van der Waals surface area contributed by atoms with E-state index < -0.39 is 0 Å². The number of benzene rings is 1. The number of pyridine rings is 1. The van der Waals surface area contributed by atoms with Gasteiger partial charge in [0, 0.05) is 24.2 Å². The fourth-order valence-corrected chi connectivity index (χ4v) is 2.50. The lowest BCUT2D eigenvalue weighted by molar-refractivity contribution is 0.0937. The number of rotatable bonds is 6. The first kappa shape index (κ1) is 15.7. The molecule has 5 heteroatoms. The number of hydrogen-bond donors (Lipinski definition) is 2. The topological polar surface area (TPSA) is 68.0 Å². The van der Waals surface area contributed by atoms with E-state index in [1.807, 2.05) is 6.07 Å². The molecule has 0 aliphatic carbocycles. The molecule has 0 saturated carbocycles. The van der Waals surface area contributed by atoms with E-state index in [1.165, 1.54) is 0 Å². The Morgan fingerprint density at radius 3 is 2.95 bits per heavy atom. The van der Waals surface area contributed by atoms with E-state index in [2.05, 4.69) is 17.2 Å². The van der Waals surface area contributed by atoms with Crippen molar-refractivity contribution < 1.29 is 4.79 Å². The van der Waals surface area contributed by atoms with Crippen molar-refractivity contribution >= 4 is 28.4 Å². The highest BCUT2D eigenvalue weighted by Crippen LogP contribution is 2.24. The van der Waals surface area contributed by atoms with E-state index in [1.54, 1.807) is 24.4 Å². The molecular formula is C16H20ClN3O. The first-order valence-electron chi connectivity index (χ1n) is 7.21. The Bertz CT molecular complexity index is 630. The molecule has 0 spiro atoms. The maximum Gasteiger partial charge on any atom is 0.253 e. The van der Waals surface area contributed by atoms with Gasteiger partial charge in [-0.15, -0.1) is 0 Å². The van der Waals surface area contributed by atoms with Gasteiger partial charge in [0.1, 0.15) is 0 Å². The SMILES string of the molecule is CCCCC(CN)NC(=O)c1ccc(Cl)c2cccnc12. The quantitative estimate of drug-likeness (QED) is 0.861. The Labute approximate surface area is 129 Å². The molecule has 1 unspecified atom stereocenters. The van der Waals surface area contributed by atoms with Gasteiger partial charge in [-0.2, -0.15) is 0 Å². The fourth-order valence-electron chi connectivity index (χ4n) is 2.28. The van der Waals surface area contributed by atoms with Gasteiger partial charge in [-0.25, -0.2) is 0 Å². The lowest BCUT2D eigenvalue weighted by Crippen LogP contribution is -2.40. The highest BCUT2D eigenvalue weighted by atomic mass is 35.5. The largest absolute Gasteiger partial charge is 0.348 e. The van der Waals surface area contributed by atoms with Crippen LogP contribution in [0.2, 0.25) is 5.02 Å². The predicted octanol–water partition coefficient (Wildman–Crippen LogP) is 3.14. The van der Waals surface area contributed by atoms with Crippen LogP contribution in [0.5, 0.6) is 0 Å². The van der Waals surface area contributed by atoms with E-state index in [-0.39, 0.29) is 11.9 Å². The van der Waals surface area contributed by atoms with Crippen LogP contribution in [0.4, 0.5) is 0 Å². The average molecular weight is 306 g/mol. The van der Waals surface area contributed by atoms with Gasteiger partial charge in [-0.1, -0.05) is 31.4 Å². The van der Waals surface area contributed by atoms with Gasteiger partial charge in [-0.05, 0) is 30.7 Å². The van der Waals surface area contributed by atoms with Crippen LogP contribution in [0, 0.1) is 0 Å². The fraction of sp³-hybridized carbons (Fsp3) is 0.375. The summed E-state index contributed by atoms with van der Waals surface area (Å²) in [5.41, 5.74) is 6.88. The normalized spacial score (nSPS) is 12.3. The van der Waals surface area contributed by atoms with Crippen LogP contribution < -0.4 is 11.1 Å². The number of nitrogens with two attached hydrogens (primary N) is 1. The Kier molecular flexibility index (Phi) is 5.53. The van der Waals surface area contributed by atoms with E-state index >= 15 is 0 Å². The molecule has 3 N–H and O–H groups in total. The minimum atomic E-state index is -0.151. The number of fused-ring (bicyclic) bond motifs is 1. The lowest BCUT2D eigenvalue weighted by atomic mass is 10.1. The summed E-state index contributed by atoms with van der Waals surface area (Å²) < 4.78 is 0. The Morgan fingerprint density at radius 1 is 1.43 bits per heavy atom. The first-order chi connectivity index (χ1) is 10.2. The van der Waals surface area contributed by atoms with E-state index in [9.17, 15) is 4.79 Å². The summed E-state index contributed by atoms with van der Waals surface area (Å²) in [6.45, 7) is 2.55. The summed E-state index contributed by atoms with van der Waals surface area (Å²) in [6.07, 6.45) is 4.67. The third-order valence-corrected chi connectivity index (χ3v) is 3.82. The molecule has 21 heavy (non-hydrogen) atoms. The van der Waals surface area contributed by atoms with Crippen molar-refractivity contribution in [1.82, 2.24) is 10.3 Å². The molecule has 0 saturated heterocycles. The number of hydrogen-bond acceptors (Lipinski definition) is 3. The summed E-state index contributed by atoms with van der Waals surface area (Å²) in [6, 6.07) is 7.09. The van der Waals surface area contributed by atoms with Crippen molar-refractivity contribution in [2.24, 2.45) is 5.73 Å². The second-order valence-electron chi connectivity index (χ2n) is 5.04. The number of unbranched alkanes of at least 4 members (excludes halogenated alkanes) is 1. The van der Waals surface area contributed by atoms with Gasteiger partial charge < -0.3 is 11.1 Å². The average Bonchev–Trinajstić information content (AvgIpc) is 2.51. The number of amides is 1. The van der Waals surface area contributed by atoms with Crippen LogP contribution in [0.15, 0.2) is 30.5 Å². The minimum absolute atomic E-state index is 0.00751. The molecule has 0 radical (unpaired) electrons. The first-order valence-corrected chi connectivity index (χ1v) is 7.59. The summed E-state index contributed by atoms with van der Waals surface area (Å²) in [5, 5.41) is 4.36. The molecule has 0 bridgehead atoms. The molecule has 1 atom stereocenters. The zero-order valence-electron chi connectivity index (χ0n) is 12.1. The summed E-state index contributed by atoms with van der Waals surface area (Å²) >= 11 is 6.14. The maximum atomic E-state index is 12.5. The summed E-state index contributed by atoms with van der Waals surface area (Å²) in [4.78, 5) is 16.7. The second-order valence-corrected chi connectivity index (χ2v) is 5.45. The molecule has 1 heterocycles. The molecule has 1 aromatic heterocycles. The molecule has 0 aliphatic rings.